The second-order valence-electron chi connectivity index (χ2n) is 5.82. The fraction of sp³-hybridized carbons (Fsp3) is 0.867. The van der Waals surface area contributed by atoms with Crippen LogP contribution in [0.2, 0.25) is 0 Å². The van der Waals surface area contributed by atoms with Crippen molar-refractivity contribution in [2.75, 3.05) is 7.11 Å². The Hall–Kier alpha value is -1.06. The summed E-state index contributed by atoms with van der Waals surface area (Å²) in [6.07, 6.45) is 7.76. The highest BCUT2D eigenvalue weighted by Gasteiger charge is 2.43. The number of ether oxygens (including phenoxy) is 1. The first-order chi connectivity index (χ1) is 9.17. The topological polar surface area (TPSA) is 46.6 Å². The lowest BCUT2D eigenvalue weighted by Gasteiger charge is -2.42. The van der Waals surface area contributed by atoms with E-state index in [4.69, 9.17) is 4.74 Å². The molecule has 0 radical (unpaired) electrons. The van der Waals surface area contributed by atoms with Crippen LogP contribution in [0.25, 0.3) is 0 Å². The normalized spacial score (nSPS) is 30.3. The van der Waals surface area contributed by atoms with Crippen LogP contribution in [-0.2, 0) is 14.3 Å². The van der Waals surface area contributed by atoms with Gasteiger partial charge < -0.3 is 9.64 Å². The minimum Gasteiger partial charge on any atom is -0.469 e. The van der Waals surface area contributed by atoms with Gasteiger partial charge in [-0.15, -0.1) is 0 Å². The summed E-state index contributed by atoms with van der Waals surface area (Å²) >= 11 is 0. The number of methoxy groups -OCH3 is 1. The summed E-state index contributed by atoms with van der Waals surface area (Å²) in [5.41, 5.74) is 0. The van der Waals surface area contributed by atoms with Crippen molar-refractivity contribution >= 4 is 11.9 Å². The Morgan fingerprint density at radius 1 is 1.37 bits per heavy atom. The molecule has 0 aromatic carbocycles. The number of nitrogens with zero attached hydrogens (tertiary/aromatic N) is 1. The van der Waals surface area contributed by atoms with Gasteiger partial charge in [-0.25, -0.2) is 0 Å². The monoisotopic (exact) mass is 267 g/mol. The second-order valence-corrected chi connectivity index (χ2v) is 5.82. The number of esters is 1. The zero-order chi connectivity index (χ0) is 13.8. The van der Waals surface area contributed by atoms with Crippen molar-refractivity contribution in [2.24, 2.45) is 5.92 Å². The van der Waals surface area contributed by atoms with Gasteiger partial charge in [0.15, 0.2) is 0 Å². The maximum Gasteiger partial charge on any atom is 0.307 e. The molecule has 108 valence electrons. The molecule has 0 bridgehead atoms. The maximum absolute atomic E-state index is 12.1. The van der Waals surface area contributed by atoms with Crippen LogP contribution in [0.1, 0.15) is 58.3 Å². The highest BCUT2D eigenvalue weighted by atomic mass is 16.5. The molecule has 4 heteroatoms. The third-order valence-electron chi connectivity index (χ3n) is 4.67. The third kappa shape index (κ3) is 3.10. The van der Waals surface area contributed by atoms with Gasteiger partial charge in [-0.2, -0.15) is 0 Å². The molecular weight excluding hydrogens is 242 g/mol. The van der Waals surface area contributed by atoms with Crippen molar-refractivity contribution in [1.29, 1.82) is 0 Å². The molecule has 4 nitrogen and oxygen atoms in total. The van der Waals surface area contributed by atoms with Crippen LogP contribution in [0.4, 0.5) is 0 Å². The molecule has 2 fully saturated rings. The van der Waals surface area contributed by atoms with Gasteiger partial charge >= 0.3 is 5.97 Å². The van der Waals surface area contributed by atoms with Gasteiger partial charge in [-0.05, 0) is 31.6 Å². The van der Waals surface area contributed by atoms with E-state index in [1.54, 1.807) is 0 Å². The average Bonchev–Trinajstić information content (AvgIpc) is 2.80. The van der Waals surface area contributed by atoms with Crippen LogP contribution in [0, 0.1) is 5.92 Å². The van der Waals surface area contributed by atoms with Crippen molar-refractivity contribution in [3.05, 3.63) is 0 Å². The fourth-order valence-electron chi connectivity index (χ4n) is 3.68. The lowest BCUT2D eigenvalue weighted by Crippen LogP contribution is -2.50. The van der Waals surface area contributed by atoms with Gasteiger partial charge in [0.2, 0.25) is 5.91 Å². The molecule has 2 heterocycles. The lowest BCUT2D eigenvalue weighted by molar-refractivity contribution is -0.145. The fourth-order valence-corrected chi connectivity index (χ4v) is 3.68. The summed E-state index contributed by atoms with van der Waals surface area (Å²) in [5, 5.41) is 0. The molecule has 0 aromatic heterocycles. The molecular formula is C15H25NO3. The van der Waals surface area contributed by atoms with E-state index in [1.807, 2.05) is 4.90 Å². The zero-order valence-corrected chi connectivity index (χ0v) is 12.1. The summed E-state index contributed by atoms with van der Waals surface area (Å²) in [6, 6.07) is 0.452. The molecule has 2 aliphatic rings. The summed E-state index contributed by atoms with van der Waals surface area (Å²) in [5.74, 6) is 0.677. The van der Waals surface area contributed by atoms with Gasteiger partial charge in [-0.3, -0.25) is 9.59 Å². The number of carbonyl (C=O) groups is 2. The second kappa shape index (κ2) is 6.40. The van der Waals surface area contributed by atoms with Crippen LogP contribution in [0.3, 0.4) is 0 Å². The number of amides is 1. The highest BCUT2D eigenvalue weighted by molar-refractivity contribution is 5.80. The standard InChI is InChI=1S/C15H25NO3/c1-3-4-5-11-6-7-12(10-15(18)19-2)16-13(11)8-9-14(16)17/h11-13H,3-10H2,1-2H3/t11-,12+,13+/m1/s1. The van der Waals surface area contributed by atoms with Crippen LogP contribution >= 0.6 is 0 Å². The first-order valence-electron chi connectivity index (χ1n) is 7.55. The van der Waals surface area contributed by atoms with Crippen molar-refractivity contribution in [2.45, 2.75) is 70.4 Å². The minimum atomic E-state index is -0.199. The minimum absolute atomic E-state index is 0.0744. The molecule has 0 spiro atoms. The van der Waals surface area contributed by atoms with Crippen LogP contribution in [0.5, 0.6) is 0 Å². The first-order valence-corrected chi connectivity index (χ1v) is 7.55. The SMILES string of the molecule is CCCC[C@@H]1CC[C@@H](CC(=O)OC)N2C(=O)CC[C@@H]12. The number of hydrogen-bond donors (Lipinski definition) is 0. The molecule has 0 aliphatic carbocycles. The van der Waals surface area contributed by atoms with Crippen molar-refractivity contribution in [3.63, 3.8) is 0 Å². The molecule has 2 saturated heterocycles. The Kier molecular flexibility index (Phi) is 4.83. The quantitative estimate of drug-likeness (QED) is 0.719. The van der Waals surface area contributed by atoms with E-state index in [-0.39, 0.29) is 17.9 Å². The predicted molar refractivity (Wildman–Crippen MR) is 72.5 cm³/mol. The summed E-state index contributed by atoms with van der Waals surface area (Å²) < 4.78 is 4.75. The summed E-state index contributed by atoms with van der Waals surface area (Å²) in [4.78, 5) is 25.6. The van der Waals surface area contributed by atoms with Gasteiger partial charge in [0, 0.05) is 18.5 Å². The number of rotatable bonds is 5. The molecule has 19 heavy (non-hydrogen) atoms. The molecule has 2 aliphatic heterocycles. The Bertz CT molecular complexity index is 342. The number of hydrogen-bond acceptors (Lipinski definition) is 3. The van der Waals surface area contributed by atoms with E-state index in [1.165, 1.54) is 26.4 Å². The molecule has 0 saturated carbocycles. The van der Waals surface area contributed by atoms with E-state index < -0.39 is 0 Å². The molecule has 0 N–H and O–H groups in total. The smallest absolute Gasteiger partial charge is 0.307 e. The predicted octanol–water partition coefficient (Wildman–Crippen LogP) is 2.51. The third-order valence-corrected chi connectivity index (χ3v) is 4.67. The first kappa shape index (κ1) is 14.4. The number of fused-ring (bicyclic) bond motifs is 1. The van der Waals surface area contributed by atoms with E-state index in [9.17, 15) is 9.59 Å². The molecule has 3 atom stereocenters. The lowest BCUT2D eigenvalue weighted by atomic mass is 9.82. The van der Waals surface area contributed by atoms with Crippen molar-refractivity contribution in [3.8, 4) is 0 Å². The van der Waals surface area contributed by atoms with E-state index >= 15 is 0 Å². The number of carbonyl (C=O) groups excluding carboxylic acids is 2. The number of unbranched alkanes of at least 4 members (excludes halogenated alkanes) is 1. The molecule has 2 rings (SSSR count). The van der Waals surface area contributed by atoms with Crippen LogP contribution < -0.4 is 0 Å². The Balaban J connectivity index is 2.02. The summed E-state index contributed by atoms with van der Waals surface area (Å²) in [7, 11) is 1.42. The van der Waals surface area contributed by atoms with Gasteiger partial charge in [-0.1, -0.05) is 19.8 Å². The highest BCUT2D eigenvalue weighted by Crippen LogP contribution is 2.39. The number of piperidine rings is 1. The van der Waals surface area contributed by atoms with Crippen molar-refractivity contribution < 1.29 is 14.3 Å². The Morgan fingerprint density at radius 2 is 2.16 bits per heavy atom. The Labute approximate surface area is 115 Å². The average molecular weight is 267 g/mol. The zero-order valence-electron chi connectivity index (χ0n) is 12.1. The molecule has 1 amide bonds. The van der Waals surface area contributed by atoms with E-state index in [0.717, 1.165) is 19.3 Å². The molecule has 0 aromatic rings. The summed E-state index contributed by atoms with van der Waals surface area (Å²) in [6.45, 7) is 2.21. The van der Waals surface area contributed by atoms with E-state index in [0.29, 0.717) is 24.8 Å². The molecule has 0 unspecified atom stereocenters. The van der Waals surface area contributed by atoms with Crippen molar-refractivity contribution in [1.82, 2.24) is 4.90 Å². The largest absolute Gasteiger partial charge is 0.469 e. The Morgan fingerprint density at radius 3 is 2.84 bits per heavy atom. The van der Waals surface area contributed by atoms with Gasteiger partial charge in [0.1, 0.15) is 0 Å². The van der Waals surface area contributed by atoms with E-state index in [2.05, 4.69) is 6.92 Å². The maximum atomic E-state index is 12.1. The van der Waals surface area contributed by atoms with Crippen LogP contribution in [0.15, 0.2) is 0 Å². The van der Waals surface area contributed by atoms with Crippen LogP contribution in [-0.4, -0.2) is 36.0 Å². The van der Waals surface area contributed by atoms with Gasteiger partial charge in [0.05, 0.1) is 13.5 Å². The van der Waals surface area contributed by atoms with Gasteiger partial charge in [0.25, 0.3) is 0 Å².